The van der Waals surface area contributed by atoms with Crippen molar-refractivity contribution in [1.82, 2.24) is 4.98 Å². The van der Waals surface area contributed by atoms with Gasteiger partial charge in [0.25, 0.3) is 0 Å². The maximum atomic E-state index is 12.4. The lowest BCUT2D eigenvalue weighted by atomic mass is 10.0. The molecule has 0 atom stereocenters. The number of pyridine rings is 1. The Morgan fingerprint density at radius 3 is 2.62 bits per heavy atom. The lowest BCUT2D eigenvalue weighted by Gasteiger charge is -2.39. The first-order valence-electron chi connectivity index (χ1n) is 5.00. The standard InChI is InChI=1S/C10H12F3N3/c11-10(12,13)8-2-1-3-9(15-8)16-5-7(4-14)6-16/h1-3,7H,4-6,14H2. The monoisotopic (exact) mass is 231 g/mol. The summed E-state index contributed by atoms with van der Waals surface area (Å²) in [4.78, 5) is 5.39. The highest BCUT2D eigenvalue weighted by Crippen LogP contribution is 2.30. The number of aromatic nitrogens is 1. The topological polar surface area (TPSA) is 42.1 Å². The van der Waals surface area contributed by atoms with Gasteiger partial charge in [-0.15, -0.1) is 0 Å². The van der Waals surface area contributed by atoms with Gasteiger partial charge < -0.3 is 10.6 Å². The van der Waals surface area contributed by atoms with Crippen molar-refractivity contribution in [3.8, 4) is 0 Å². The van der Waals surface area contributed by atoms with Crippen LogP contribution in [0, 0.1) is 5.92 Å². The van der Waals surface area contributed by atoms with Gasteiger partial charge in [-0.3, -0.25) is 0 Å². The molecule has 6 heteroatoms. The molecule has 2 rings (SSSR count). The Balaban J connectivity index is 2.12. The first-order chi connectivity index (χ1) is 7.50. The molecule has 0 radical (unpaired) electrons. The zero-order valence-corrected chi connectivity index (χ0v) is 8.54. The summed E-state index contributed by atoms with van der Waals surface area (Å²) >= 11 is 0. The third-order valence-corrected chi connectivity index (χ3v) is 2.64. The number of halogens is 3. The molecule has 3 nitrogen and oxygen atoms in total. The largest absolute Gasteiger partial charge is 0.433 e. The zero-order valence-electron chi connectivity index (χ0n) is 8.54. The van der Waals surface area contributed by atoms with Gasteiger partial charge in [-0.2, -0.15) is 13.2 Å². The third-order valence-electron chi connectivity index (χ3n) is 2.64. The molecule has 2 heterocycles. The van der Waals surface area contributed by atoms with E-state index in [-0.39, 0.29) is 0 Å². The number of hydrogen-bond acceptors (Lipinski definition) is 3. The summed E-state index contributed by atoms with van der Waals surface area (Å²) in [5.74, 6) is 0.746. The minimum absolute atomic E-state index is 0.372. The first kappa shape index (κ1) is 11.2. The van der Waals surface area contributed by atoms with E-state index < -0.39 is 11.9 Å². The number of hydrogen-bond donors (Lipinski definition) is 1. The zero-order chi connectivity index (χ0) is 11.8. The molecule has 88 valence electrons. The molecule has 1 saturated heterocycles. The lowest BCUT2D eigenvalue weighted by Crippen LogP contribution is -2.50. The van der Waals surface area contributed by atoms with Gasteiger partial charge in [0.2, 0.25) is 0 Å². The van der Waals surface area contributed by atoms with Gasteiger partial charge in [0, 0.05) is 19.0 Å². The predicted molar refractivity (Wildman–Crippen MR) is 54.0 cm³/mol. The van der Waals surface area contributed by atoms with Crippen molar-refractivity contribution < 1.29 is 13.2 Å². The van der Waals surface area contributed by atoms with Crippen LogP contribution in [-0.4, -0.2) is 24.6 Å². The average Bonchev–Trinajstić information content (AvgIpc) is 2.15. The Labute approximate surface area is 91.1 Å². The van der Waals surface area contributed by atoms with Crippen molar-refractivity contribution in [1.29, 1.82) is 0 Å². The van der Waals surface area contributed by atoms with Crippen molar-refractivity contribution in [2.45, 2.75) is 6.18 Å². The van der Waals surface area contributed by atoms with E-state index >= 15 is 0 Å². The van der Waals surface area contributed by atoms with E-state index in [0.717, 1.165) is 6.07 Å². The molecule has 1 aliphatic rings. The van der Waals surface area contributed by atoms with Crippen LogP contribution in [0.2, 0.25) is 0 Å². The number of rotatable bonds is 2. The normalized spacial score (nSPS) is 17.4. The minimum atomic E-state index is -4.38. The molecule has 1 fully saturated rings. The fourth-order valence-corrected chi connectivity index (χ4v) is 1.66. The molecule has 2 N–H and O–H groups in total. The summed E-state index contributed by atoms with van der Waals surface area (Å²) in [5, 5.41) is 0. The molecule has 0 bridgehead atoms. The van der Waals surface area contributed by atoms with Crippen LogP contribution in [0.4, 0.5) is 19.0 Å². The van der Waals surface area contributed by atoms with E-state index in [1.165, 1.54) is 6.07 Å². The van der Waals surface area contributed by atoms with Gasteiger partial charge in [-0.25, -0.2) is 4.98 Å². The van der Waals surface area contributed by atoms with Crippen molar-refractivity contribution in [2.24, 2.45) is 11.7 Å². The van der Waals surface area contributed by atoms with Gasteiger partial charge in [0.1, 0.15) is 11.5 Å². The van der Waals surface area contributed by atoms with Gasteiger partial charge in [0.15, 0.2) is 0 Å². The Bertz CT molecular complexity index is 372. The SMILES string of the molecule is NCC1CN(c2cccc(C(F)(F)F)n2)C1. The van der Waals surface area contributed by atoms with Gasteiger partial charge in [0.05, 0.1) is 0 Å². The highest BCUT2D eigenvalue weighted by Gasteiger charge is 2.34. The summed E-state index contributed by atoms with van der Waals surface area (Å²) in [6.45, 7) is 1.94. The van der Waals surface area contributed by atoms with Crippen LogP contribution in [-0.2, 0) is 6.18 Å². The number of anilines is 1. The maximum absolute atomic E-state index is 12.4. The summed E-state index contributed by atoms with van der Waals surface area (Å²) in [6.07, 6.45) is -4.38. The Morgan fingerprint density at radius 1 is 1.38 bits per heavy atom. The third kappa shape index (κ3) is 2.11. The molecule has 1 aliphatic heterocycles. The summed E-state index contributed by atoms with van der Waals surface area (Å²) in [7, 11) is 0. The maximum Gasteiger partial charge on any atom is 0.433 e. The summed E-state index contributed by atoms with van der Waals surface area (Å²) in [5.41, 5.74) is 4.60. The Kier molecular flexibility index (Phi) is 2.75. The van der Waals surface area contributed by atoms with Crippen LogP contribution < -0.4 is 10.6 Å². The molecule has 0 saturated carbocycles. The molecule has 1 aromatic heterocycles. The summed E-state index contributed by atoms with van der Waals surface area (Å²) < 4.78 is 37.2. The second-order valence-corrected chi connectivity index (χ2v) is 3.89. The molecule has 0 aliphatic carbocycles. The Morgan fingerprint density at radius 2 is 2.06 bits per heavy atom. The molecule has 0 aromatic carbocycles. The van der Waals surface area contributed by atoms with Crippen LogP contribution in [0.25, 0.3) is 0 Å². The molecule has 0 amide bonds. The van der Waals surface area contributed by atoms with E-state index in [1.54, 1.807) is 11.0 Å². The van der Waals surface area contributed by atoms with E-state index in [4.69, 9.17) is 5.73 Å². The van der Waals surface area contributed by atoms with Gasteiger partial charge >= 0.3 is 6.18 Å². The molecule has 0 spiro atoms. The predicted octanol–water partition coefficient (Wildman–Crippen LogP) is 1.50. The van der Waals surface area contributed by atoms with Crippen LogP contribution in [0.15, 0.2) is 18.2 Å². The quantitative estimate of drug-likeness (QED) is 0.838. The van der Waals surface area contributed by atoms with E-state index in [2.05, 4.69) is 4.98 Å². The number of nitrogens with zero attached hydrogens (tertiary/aromatic N) is 2. The highest BCUT2D eigenvalue weighted by molar-refractivity contribution is 5.42. The molecule has 1 aromatic rings. The van der Waals surface area contributed by atoms with Crippen molar-refractivity contribution in [3.05, 3.63) is 23.9 Å². The fraction of sp³-hybridized carbons (Fsp3) is 0.500. The molecule has 0 unspecified atom stereocenters. The summed E-state index contributed by atoms with van der Waals surface area (Å²) in [6, 6.07) is 3.94. The van der Waals surface area contributed by atoms with Gasteiger partial charge in [-0.05, 0) is 18.7 Å². The van der Waals surface area contributed by atoms with Crippen molar-refractivity contribution >= 4 is 5.82 Å². The molecular weight excluding hydrogens is 219 g/mol. The van der Waals surface area contributed by atoms with Crippen LogP contribution >= 0.6 is 0 Å². The number of alkyl halides is 3. The average molecular weight is 231 g/mol. The first-order valence-corrected chi connectivity index (χ1v) is 5.00. The minimum Gasteiger partial charge on any atom is -0.356 e. The second-order valence-electron chi connectivity index (χ2n) is 3.89. The molecular formula is C10H12F3N3. The van der Waals surface area contributed by atoms with Gasteiger partial charge in [-0.1, -0.05) is 6.07 Å². The van der Waals surface area contributed by atoms with E-state index in [0.29, 0.717) is 31.4 Å². The van der Waals surface area contributed by atoms with Crippen molar-refractivity contribution in [3.63, 3.8) is 0 Å². The Hall–Kier alpha value is -1.30. The highest BCUT2D eigenvalue weighted by atomic mass is 19.4. The second kappa shape index (κ2) is 3.93. The molecule has 16 heavy (non-hydrogen) atoms. The number of nitrogens with two attached hydrogens (primary N) is 1. The fourth-order valence-electron chi connectivity index (χ4n) is 1.66. The van der Waals surface area contributed by atoms with Crippen molar-refractivity contribution in [2.75, 3.05) is 24.5 Å². The van der Waals surface area contributed by atoms with E-state index in [1.807, 2.05) is 0 Å². The smallest absolute Gasteiger partial charge is 0.356 e. The lowest BCUT2D eigenvalue weighted by molar-refractivity contribution is -0.141. The van der Waals surface area contributed by atoms with Crippen LogP contribution in [0.3, 0.4) is 0 Å². The van der Waals surface area contributed by atoms with Crippen LogP contribution in [0.5, 0.6) is 0 Å². The van der Waals surface area contributed by atoms with E-state index in [9.17, 15) is 13.2 Å². The van der Waals surface area contributed by atoms with Crippen LogP contribution in [0.1, 0.15) is 5.69 Å².